The van der Waals surface area contributed by atoms with Crippen molar-refractivity contribution < 1.29 is 4.74 Å². The van der Waals surface area contributed by atoms with E-state index < -0.39 is 0 Å². The van der Waals surface area contributed by atoms with Crippen LogP contribution in [0.15, 0.2) is 60.7 Å². The molecule has 0 radical (unpaired) electrons. The Bertz CT molecular complexity index is 511. The second kappa shape index (κ2) is 6.79. The van der Waals surface area contributed by atoms with Gasteiger partial charge in [-0.15, -0.1) is 0 Å². The van der Waals surface area contributed by atoms with Crippen molar-refractivity contribution in [2.75, 3.05) is 7.11 Å². The Labute approximate surface area is 115 Å². The van der Waals surface area contributed by atoms with E-state index in [2.05, 4.69) is 55.5 Å². The van der Waals surface area contributed by atoms with Crippen LogP contribution in [0.1, 0.15) is 30.4 Å². The van der Waals surface area contributed by atoms with Crippen LogP contribution in [0, 0.1) is 0 Å². The normalized spacial score (nSPS) is 12.5. The first kappa shape index (κ1) is 13.4. The second-order valence-electron chi connectivity index (χ2n) is 4.72. The van der Waals surface area contributed by atoms with E-state index >= 15 is 0 Å². The molecule has 0 bridgehead atoms. The lowest BCUT2D eigenvalue weighted by molar-refractivity contribution is 0.414. The number of allylic oxidation sites excluding steroid dienone is 1. The number of hydrogen-bond acceptors (Lipinski definition) is 1. The minimum absolute atomic E-state index is 0.519. The molecule has 2 aromatic carbocycles. The molecule has 0 N–H and O–H groups in total. The molecule has 0 spiro atoms. The van der Waals surface area contributed by atoms with Crippen molar-refractivity contribution in [2.45, 2.75) is 19.3 Å². The fraction of sp³-hybridized carbons (Fsp3) is 0.222. The summed E-state index contributed by atoms with van der Waals surface area (Å²) < 4.78 is 5.17. The molecule has 0 aliphatic carbocycles. The molecule has 2 aromatic rings. The van der Waals surface area contributed by atoms with Crippen LogP contribution in [-0.2, 0) is 0 Å². The van der Waals surface area contributed by atoms with E-state index in [9.17, 15) is 0 Å². The van der Waals surface area contributed by atoms with E-state index in [0.29, 0.717) is 5.92 Å². The smallest absolute Gasteiger partial charge is 0.118 e. The Morgan fingerprint density at radius 1 is 1.00 bits per heavy atom. The fourth-order valence-corrected chi connectivity index (χ4v) is 2.04. The summed E-state index contributed by atoms with van der Waals surface area (Å²) >= 11 is 0. The van der Waals surface area contributed by atoms with Gasteiger partial charge in [0, 0.05) is 0 Å². The van der Waals surface area contributed by atoms with E-state index in [1.165, 1.54) is 11.1 Å². The summed E-state index contributed by atoms with van der Waals surface area (Å²) in [5.74, 6) is 1.43. The predicted molar refractivity (Wildman–Crippen MR) is 81.5 cm³/mol. The molecule has 0 saturated carbocycles. The summed E-state index contributed by atoms with van der Waals surface area (Å²) in [7, 11) is 1.70. The van der Waals surface area contributed by atoms with Crippen molar-refractivity contribution in [1.82, 2.24) is 0 Å². The molecular weight excluding hydrogens is 232 g/mol. The van der Waals surface area contributed by atoms with E-state index in [-0.39, 0.29) is 0 Å². The zero-order chi connectivity index (χ0) is 13.5. The van der Waals surface area contributed by atoms with Gasteiger partial charge >= 0.3 is 0 Å². The maximum Gasteiger partial charge on any atom is 0.118 e. The zero-order valence-corrected chi connectivity index (χ0v) is 11.5. The van der Waals surface area contributed by atoms with Crippen LogP contribution in [0.4, 0.5) is 0 Å². The van der Waals surface area contributed by atoms with Gasteiger partial charge in [0.2, 0.25) is 0 Å². The Kier molecular flexibility index (Phi) is 4.79. The van der Waals surface area contributed by atoms with E-state index in [1.54, 1.807) is 7.11 Å². The average Bonchev–Trinajstić information content (AvgIpc) is 2.48. The molecule has 0 heterocycles. The second-order valence-corrected chi connectivity index (χ2v) is 4.72. The summed E-state index contributed by atoms with van der Waals surface area (Å²) in [5, 5.41) is 0. The van der Waals surface area contributed by atoms with E-state index in [1.807, 2.05) is 18.2 Å². The monoisotopic (exact) mass is 252 g/mol. The molecular formula is C18H20O. The number of ether oxygens (including phenoxy) is 1. The van der Waals surface area contributed by atoms with Gasteiger partial charge in [0.15, 0.2) is 0 Å². The molecule has 0 aromatic heterocycles. The summed E-state index contributed by atoms with van der Waals surface area (Å²) in [4.78, 5) is 0. The summed E-state index contributed by atoms with van der Waals surface area (Å²) in [6.45, 7) is 2.25. The highest BCUT2D eigenvalue weighted by molar-refractivity contribution is 5.48. The van der Waals surface area contributed by atoms with Gasteiger partial charge in [0.05, 0.1) is 7.11 Å². The summed E-state index contributed by atoms with van der Waals surface area (Å²) in [6, 6.07) is 18.7. The quantitative estimate of drug-likeness (QED) is 0.735. The molecule has 19 heavy (non-hydrogen) atoms. The minimum atomic E-state index is 0.519. The van der Waals surface area contributed by atoms with Crippen LogP contribution in [0.3, 0.4) is 0 Å². The predicted octanol–water partition coefficient (Wildman–Crippen LogP) is 4.90. The Morgan fingerprint density at radius 2 is 1.68 bits per heavy atom. The molecule has 0 amide bonds. The Balaban J connectivity index is 1.93. The van der Waals surface area contributed by atoms with Crippen LogP contribution in [0.25, 0.3) is 6.08 Å². The number of methoxy groups -OCH3 is 1. The lowest BCUT2D eigenvalue weighted by atomic mass is 9.97. The standard InChI is InChI=1S/C18H20O/c1-15(17-11-13-18(19-2)14-12-17)7-6-10-16-8-4-3-5-9-16/h3-6,8-15H,7H2,1-2H3/b10-6+/t15-/m0/s1. The molecule has 0 unspecified atom stereocenters. The van der Waals surface area contributed by atoms with Crippen molar-refractivity contribution in [2.24, 2.45) is 0 Å². The largest absolute Gasteiger partial charge is 0.497 e. The topological polar surface area (TPSA) is 9.23 Å². The van der Waals surface area contributed by atoms with Crippen molar-refractivity contribution in [1.29, 1.82) is 0 Å². The number of hydrogen-bond donors (Lipinski definition) is 0. The molecule has 0 aliphatic heterocycles. The van der Waals surface area contributed by atoms with Gasteiger partial charge in [-0.1, -0.05) is 61.5 Å². The van der Waals surface area contributed by atoms with Crippen molar-refractivity contribution in [3.05, 3.63) is 71.8 Å². The molecule has 98 valence electrons. The van der Waals surface area contributed by atoms with Gasteiger partial charge < -0.3 is 4.74 Å². The van der Waals surface area contributed by atoms with Gasteiger partial charge in [-0.3, -0.25) is 0 Å². The van der Waals surface area contributed by atoms with Gasteiger partial charge in [-0.25, -0.2) is 0 Å². The van der Waals surface area contributed by atoms with Gasteiger partial charge in [0.1, 0.15) is 5.75 Å². The third-order valence-corrected chi connectivity index (χ3v) is 3.28. The molecule has 0 saturated heterocycles. The first-order chi connectivity index (χ1) is 9.29. The highest BCUT2D eigenvalue weighted by atomic mass is 16.5. The average molecular weight is 252 g/mol. The highest BCUT2D eigenvalue weighted by Crippen LogP contribution is 2.22. The molecule has 1 heteroatoms. The van der Waals surface area contributed by atoms with Gasteiger partial charge in [-0.2, -0.15) is 0 Å². The maximum absolute atomic E-state index is 5.17. The van der Waals surface area contributed by atoms with Crippen LogP contribution < -0.4 is 4.74 Å². The fourth-order valence-electron chi connectivity index (χ4n) is 2.04. The molecule has 2 rings (SSSR count). The van der Waals surface area contributed by atoms with Gasteiger partial charge in [-0.05, 0) is 35.6 Å². The third kappa shape index (κ3) is 3.99. The minimum Gasteiger partial charge on any atom is -0.497 e. The third-order valence-electron chi connectivity index (χ3n) is 3.28. The Hall–Kier alpha value is -2.02. The molecule has 0 aliphatic rings. The summed E-state index contributed by atoms with van der Waals surface area (Å²) in [6.07, 6.45) is 5.46. The first-order valence-corrected chi connectivity index (χ1v) is 6.65. The van der Waals surface area contributed by atoms with Crippen LogP contribution in [0.5, 0.6) is 5.75 Å². The lowest BCUT2D eigenvalue weighted by Gasteiger charge is -2.09. The van der Waals surface area contributed by atoms with E-state index in [4.69, 9.17) is 4.74 Å². The maximum atomic E-state index is 5.17. The molecule has 1 atom stereocenters. The van der Waals surface area contributed by atoms with Crippen LogP contribution in [-0.4, -0.2) is 7.11 Å². The van der Waals surface area contributed by atoms with Crippen molar-refractivity contribution >= 4 is 6.08 Å². The zero-order valence-electron chi connectivity index (χ0n) is 11.5. The SMILES string of the molecule is COc1ccc([C@@H](C)C/C=C/c2ccccc2)cc1. The van der Waals surface area contributed by atoms with Crippen molar-refractivity contribution in [3.8, 4) is 5.75 Å². The lowest BCUT2D eigenvalue weighted by Crippen LogP contribution is -1.92. The van der Waals surface area contributed by atoms with Crippen LogP contribution >= 0.6 is 0 Å². The van der Waals surface area contributed by atoms with E-state index in [0.717, 1.165) is 12.2 Å². The van der Waals surface area contributed by atoms with Crippen LogP contribution in [0.2, 0.25) is 0 Å². The highest BCUT2D eigenvalue weighted by Gasteiger charge is 2.03. The number of rotatable bonds is 5. The van der Waals surface area contributed by atoms with Gasteiger partial charge in [0.25, 0.3) is 0 Å². The first-order valence-electron chi connectivity index (χ1n) is 6.65. The summed E-state index contributed by atoms with van der Waals surface area (Å²) in [5.41, 5.74) is 2.60. The molecule has 1 nitrogen and oxygen atoms in total. The van der Waals surface area contributed by atoms with Crippen molar-refractivity contribution in [3.63, 3.8) is 0 Å². The Morgan fingerprint density at radius 3 is 2.32 bits per heavy atom. The molecule has 0 fully saturated rings. The number of benzene rings is 2.